The topological polar surface area (TPSA) is 32.4 Å². The molecule has 10 heavy (non-hydrogen) atoms. The first-order valence-electron chi connectivity index (χ1n) is 3.74. The predicted octanol–water partition coefficient (Wildman–Crippen LogP) is 0.485. The summed E-state index contributed by atoms with van der Waals surface area (Å²) in [6, 6.07) is 0. The van der Waals surface area contributed by atoms with Crippen LogP contribution in [0.4, 0.5) is 0 Å². The highest BCUT2D eigenvalue weighted by atomic mass is 16.5. The molecular weight excluding hydrogens is 130 g/mol. The molecule has 1 atom stereocenters. The Morgan fingerprint density at radius 3 is 3.00 bits per heavy atom. The van der Waals surface area contributed by atoms with Crippen LogP contribution in [0.3, 0.4) is 0 Å². The lowest BCUT2D eigenvalue weighted by atomic mass is 10.3. The van der Waals surface area contributed by atoms with Crippen LogP contribution in [0.1, 0.15) is 12.8 Å². The molecule has 59 valence electrons. The largest absolute Gasteiger partial charge is 0.363 e. The van der Waals surface area contributed by atoms with Gasteiger partial charge in [-0.15, -0.1) is 0 Å². The highest BCUT2D eigenvalue weighted by Crippen LogP contribution is 2.13. The Labute approximate surface area is 61.6 Å². The molecule has 1 saturated heterocycles. The fourth-order valence-corrected chi connectivity index (χ4v) is 1.20. The summed E-state index contributed by atoms with van der Waals surface area (Å²) in [6.07, 6.45) is 2.43. The van der Waals surface area contributed by atoms with Gasteiger partial charge in [0.15, 0.2) is 0 Å². The summed E-state index contributed by atoms with van der Waals surface area (Å²) in [6.45, 7) is 1.43. The quantitative estimate of drug-likeness (QED) is 0.577. The van der Waals surface area contributed by atoms with Crippen LogP contribution in [-0.4, -0.2) is 37.9 Å². The Hall–Kier alpha value is -0.120. The van der Waals surface area contributed by atoms with Gasteiger partial charge in [-0.05, 0) is 19.9 Å². The molecule has 1 aliphatic rings. The molecule has 1 aliphatic heterocycles. The summed E-state index contributed by atoms with van der Waals surface area (Å²) < 4.78 is 5.35. The van der Waals surface area contributed by atoms with Crippen molar-refractivity contribution in [3.8, 4) is 0 Å². The molecule has 1 fully saturated rings. The number of rotatable bonds is 3. The average Bonchev–Trinajstić information content (AvgIpc) is 2.38. The summed E-state index contributed by atoms with van der Waals surface area (Å²) in [5, 5.41) is 10.2. The highest BCUT2D eigenvalue weighted by Gasteiger charge is 2.19. The normalized spacial score (nSPS) is 26.1. The van der Waals surface area contributed by atoms with E-state index in [1.807, 2.05) is 11.9 Å². The second-order valence-electron chi connectivity index (χ2n) is 2.65. The zero-order chi connectivity index (χ0) is 7.40. The number of likely N-dealkylation sites (N-methyl/N-ethyl adjacent to an activating group) is 1. The Morgan fingerprint density at radius 2 is 2.50 bits per heavy atom. The molecule has 1 heterocycles. The molecule has 0 aromatic rings. The molecule has 0 amide bonds. The molecule has 0 aromatic heterocycles. The van der Waals surface area contributed by atoms with Crippen molar-refractivity contribution in [1.82, 2.24) is 4.90 Å². The lowest BCUT2D eigenvalue weighted by Crippen LogP contribution is -2.32. The van der Waals surface area contributed by atoms with Crippen LogP contribution in [0, 0.1) is 0 Å². The summed E-state index contributed by atoms with van der Waals surface area (Å²) in [4.78, 5) is 1.99. The fraction of sp³-hybridized carbons (Fsp3) is 1.00. The molecule has 0 aliphatic carbocycles. The van der Waals surface area contributed by atoms with Crippen LogP contribution in [-0.2, 0) is 9.84 Å². The lowest BCUT2D eigenvalue weighted by Gasteiger charge is -2.21. The van der Waals surface area contributed by atoms with E-state index < -0.39 is 0 Å². The van der Waals surface area contributed by atoms with E-state index in [0.717, 1.165) is 19.4 Å². The third-order valence-electron chi connectivity index (χ3n) is 1.84. The minimum atomic E-state index is -0.0314. The van der Waals surface area contributed by atoms with Crippen molar-refractivity contribution in [3.63, 3.8) is 0 Å². The zero-order valence-corrected chi connectivity index (χ0v) is 6.38. The van der Waals surface area contributed by atoms with Crippen LogP contribution >= 0.6 is 0 Å². The standard InChI is InChI=1S/C7H14NO2/c1-8(4-5-9)7-3-2-6-10-7/h7H,2-6H2,1H3. The number of ether oxygens (including phenoxy) is 1. The third-order valence-corrected chi connectivity index (χ3v) is 1.84. The molecule has 1 rings (SSSR count). The fourth-order valence-electron chi connectivity index (χ4n) is 1.20. The van der Waals surface area contributed by atoms with E-state index in [-0.39, 0.29) is 12.8 Å². The molecule has 0 saturated carbocycles. The van der Waals surface area contributed by atoms with Crippen LogP contribution in [0.25, 0.3) is 0 Å². The van der Waals surface area contributed by atoms with Crippen molar-refractivity contribution < 1.29 is 9.84 Å². The molecule has 3 nitrogen and oxygen atoms in total. The van der Waals surface area contributed by atoms with Gasteiger partial charge in [0.2, 0.25) is 0 Å². The van der Waals surface area contributed by atoms with Gasteiger partial charge in [-0.2, -0.15) is 0 Å². The van der Waals surface area contributed by atoms with E-state index in [0.29, 0.717) is 6.54 Å². The molecule has 1 radical (unpaired) electrons. The van der Waals surface area contributed by atoms with Crippen LogP contribution in [0.2, 0.25) is 0 Å². The Morgan fingerprint density at radius 1 is 1.70 bits per heavy atom. The van der Waals surface area contributed by atoms with Crippen molar-refractivity contribution >= 4 is 0 Å². The summed E-state index contributed by atoms with van der Waals surface area (Å²) in [7, 11) is 1.94. The maximum atomic E-state index is 10.2. The average molecular weight is 144 g/mol. The van der Waals surface area contributed by atoms with E-state index >= 15 is 0 Å². The molecular formula is C7H14NO2. The minimum absolute atomic E-state index is 0.0314. The smallest absolute Gasteiger partial charge is 0.110 e. The predicted molar refractivity (Wildman–Crippen MR) is 37.2 cm³/mol. The molecule has 0 spiro atoms. The number of hydrogen-bond acceptors (Lipinski definition) is 2. The van der Waals surface area contributed by atoms with Crippen molar-refractivity contribution in [2.24, 2.45) is 0 Å². The first kappa shape index (κ1) is 7.98. The third kappa shape index (κ3) is 1.94. The van der Waals surface area contributed by atoms with E-state index in [4.69, 9.17) is 4.74 Å². The van der Waals surface area contributed by atoms with E-state index in [9.17, 15) is 5.11 Å². The van der Waals surface area contributed by atoms with Gasteiger partial charge in [0.1, 0.15) is 6.23 Å². The number of hydrogen-bond donors (Lipinski definition) is 0. The van der Waals surface area contributed by atoms with Crippen molar-refractivity contribution in [2.75, 3.05) is 26.8 Å². The molecule has 0 aromatic carbocycles. The van der Waals surface area contributed by atoms with Crippen molar-refractivity contribution in [2.45, 2.75) is 19.1 Å². The van der Waals surface area contributed by atoms with Gasteiger partial charge in [0.05, 0.1) is 6.61 Å². The van der Waals surface area contributed by atoms with Crippen LogP contribution in [0.5, 0.6) is 0 Å². The second-order valence-corrected chi connectivity index (χ2v) is 2.65. The van der Waals surface area contributed by atoms with Gasteiger partial charge in [-0.25, -0.2) is 5.11 Å². The Bertz CT molecular complexity index is 91.6. The Kier molecular flexibility index (Phi) is 3.12. The monoisotopic (exact) mass is 144 g/mol. The van der Waals surface area contributed by atoms with E-state index in [1.54, 1.807) is 0 Å². The lowest BCUT2D eigenvalue weighted by molar-refractivity contribution is -0.0164. The molecule has 0 bridgehead atoms. The zero-order valence-electron chi connectivity index (χ0n) is 6.38. The van der Waals surface area contributed by atoms with E-state index in [1.165, 1.54) is 0 Å². The summed E-state index contributed by atoms with van der Waals surface area (Å²) >= 11 is 0. The number of nitrogens with zero attached hydrogens (tertiary/aromatic N) is 1. The maximum absolute atomic E-state index is 10.2. The minimum Gasteiger partial charge on any atom is -0.363 e. The van der Waals surface area contributed by atoms with Gasteiger partial charge in [0, 0.05) is 13.2 Å². The SMILES string of the molecule is CN(CC[O])C1CCCO1. The Balaban J connectivity index is 2.18. The summed E-state index contributed by atoms with van der Waals surface area (Å²) in [5.41, 5.74) is 0. The van der Waals surface area contributed by atoms with Crippen molar-refractivity contribution in [1.29, 1.82) is 0 Å². The van der Waals surface area contributed by atoms with Gasteiger partial charge < -0.3 is 4.74 Å². The molecule has 3 heteroatoms. The van der Waals surface area contributed by atoms with Gasteiger partial charge in [-0.3, -0.25) is 4.90 Å². The van der Waals surface area contributed by atoms with Crippen LogP contribution < -0.4 is 0 Å². The second kappa shape index (κ2) is 3.91. The van der Waals surface area contributed by atoms with Gasteiger partial charge in [0.25, 0.3) is 0 Å². The van der Waals surface area contributed by atoms with Crippen molar-refractivity contribution in [3.05, 3.63) is 0 Å². The van der Waals surface area contributed by atoms with E-state index in [2.05, 4.69) is 0 Å². The molecule has 1 unspecified atom stereocenters. The first-order valence-corrected chi connectivity index (χ1v) is 3.74. The highest BCUT2D eigenvalue weighted by molar-refractivity contribution is 4.63. The molecule has 0 N–H and O–H groups in total. The van der Waals surface area contributed by atoms with Gasteiger partial charge in [-0.1, -0.05) is 0 Å². The first-order chi connectivity index (χ1) is 4.84. The summed E-state index contributed by atoms with van der Waals surface area (Å²) in [5.74, 6) is 0. The van der Waals surface area contributed by atoms with Crippen LogP contribution in [0.15, 0.2) is 0 Å². The maximum Gasteiger partial charge on any atom is 0.110 e. The van der Waals surface area contributed by atoms with Gasteiger partial charge >= 0.3 is 0 Å².